The Kier molecular flexibility index (Phi) is 6.65. The molecule has 0 bridgehead atoms. The van der Waals surface area contributed by atoms with Crippen molar-refractivity contribution in [2.45, 2.75) is 24.8 Å². The highest BCUT2D eigenvalue weighted by Crippen LogP contribution is 2.39. The molecule has 118 valence electrons. The van der Waals surface area contributed by atoms with Gasteiger partial charge in [-0.05, 0) is 18.4 Å². The van der Waals surface area contributed by atoms with E-state index in [9.17, 15) is 35.9 Å². The van der Waals surface area contributed by atoms with Crippen LogP contribution in [0.5, 0.6) is 0 Å². The van der Waals surface area contributed by atoms with E-state index in [1.54, 1.807) is 6.26 Å². The minimum Gasteiger partial charge on any atom is -0.480 e. The van der Waals surface area contributed by atoms with Crippen LogP contribution in [0.2, 0.25) is 0 Å². The zero-order valence-corrected chi connectivity index (χ0v) is 10.8. The van der Waals surface area contributed by atoms with Crippen LogP contribution in [0.4, 0.5) is 26.3 Å². The summed E-state index contributed by atoms with van der Waals surface area (Å²) in [5.41, 5.74) is 0. The van der Waals surface area contributed by atoms with Crippen molar-refractivity contribution >= 4 is 23.6 Å². The van der Waals surface area contributed by atoms with Crippen LogP contribution in [0.3, 0.4) is 0 Å². The molecule has 0 spiro atoms. The third-order valence-corrected chi connectivity index (χ3v) is 2.79. The van der Waals surface area contributed by atoms with E-state index in [-0.39, 0.29) is 12.2 Å². The fourth-order valence-corrected chi connectivity index (χ4v) is 1.70. The number of hydrogen-bond acceptors (Lipinski definition) is 3. The molecule has 2 N–H and O–H groups in total. The summed E-state index contributed by atoms with van der Waals surface area (Å²) in [5.74, 6) is -8.21. The number of carbonyl (C=O) groups excluding carboxylic acids is 1. The largest absolute Gasteiger partial charge is 0.480 e. The number of hydrogen-bond donors (Lipinski definition) is 2. The van der Waals surface area contributed by atoms with Gasteiger partial charge in [-0.3, -0.25) is 4.79 Å². The third kappa shape index (κ3) is 5.88. The minimum absolute atomic E-state index is 0.153. The smallest absolute Gasteiger partial charge is 0.409 e. The molecule has 0 radical (unpaired) electrons. The Morgan fingerprint density at radius 2 is 1.60 bits per heavy atom. The van der Waals surface area contributed by atoms with Crippen LogP contribution in [0.1, 0.15) is 6.42 Å². The lowest BCUT2D eigenvalue weighted by atomic mass is 10.1. The summed E-state index contributed by atoms with van der Waals surface area (Å²) in [7, 11) is 0. The van der Waals surface area contributed by atoms with Crippen LogP contribution in [0, 0.1) is 5.92 Å². The van der Waals surface area contributed by atoms with Gasteiger partial charge in [0.2, 0.25) is 11.8 Å². The van der Waals surface area contributed by atoms with E-state index in [2.05, 4.69) is 0 Å². The van der Waals surface area contributed by atoms with Crippen molar-refractivity contribution in [3.8, 4) is 0 Å². The number of halogens is 6. The summed E-state index contributed by atoms with van der Waals surface area (Å²) in [5, 5.41) is 9.92. The van der Waals surface area contributed by atoms with Gasteiger partial charge < -0.3 is 10.4 Å². The molecule has 0 saturated heterocycles. The highest BCUT2D eigenvalue weighted by atomic mass is 32.2. The maximum atomic E-state index is 12.2. The van der Waals surface area contributed by atoms with E-state index >= 15 is 0 Å². The Bertz CT molecular complexity index is 343. The van der Waals surface area contributed by atoms with Gasteiger partial charge in [0.05, 0.1) is 0 Å². The number of thioether (sulfide) groups is 1. The maximum Gasteiger partial charge on any atom is 0.409 e. The topological polar surface area (TPSA) is 66.4 Å². The number of amides is 1. The fourth-order valence-electron chi connectivity index (χ4n) is 1.23. The summed E-state index contributed by atoms with van der Waals surface area (Å²) < 4.78 is 73.4. The molecule has 1 amide bonds. The van der Waals surface area contributed by atoms with Crippen molar-refractivity contribution in [1.29, 1.82) is 0 Å². The van der Waals surface area contributed by atoms with Crippen molar-refractivity contribution in [3.05, 3.63) is 0 Å². The molecule has 20 heavy (non-hydrogen) atoms. The summed E-state index contributed by atoms with van der Waals surface area (Å²) in [6.45, 7) is 0. The lowest BCUT2D eigenvalue weighted by Crippen LogP contribution is -2.52. The van der Waals surface area contributed by atoms with Crippen molar-refractivity contribution in [3.63, 3.8) is 0 Å². The van der Waals surface area contributed by atoms with E-state index in [0.29, 0.717) is 0 Å². The van der Waals surface area contributed by atoms with Gasteiger partial charge in [-0.25, -0.2) is 4.79 Å². The molecule has 11 heteroatoms. The van der Waals surface area contributed by atoms with Crippen molar-refractivity contribution in [2.24, 2.45) is 5.92 Å². The van der Waals surface area contributed by atoms with Gasteiger partial charge in [0.1, 0.15) is 6.04 Å². The molecule has 1 atom stereocenters. The monoisotopic (exact) mass is 327 g/mol. The van der Waals surface area contributed by atoms with Gasteiger partial charge in [0.25, 0.3) is 0 Å². The number of nitrogens with one attached hydrogen (secondary N) is 1. The summed E-state index contributed by atoms with van der Waals surface area (Å²) >= 11 is 1.13. The van der Waals surface area contributed by atoms with Crippen molar-refractivity contribution in [2.75, 3.05) is 12.0 Å². The lowest BCUT2D eigenvalue weighted by Gasteiger charge is -2.24. The first-order valence-corrected chi connectivity index (χ1v) is 6.46. The Morgan fingerprint density at radius 1 is 1.15 bits per heavy atom. The van der Waals surface area contributed by atoms with Crippen LogP contribution in [-0.4, -0.2) is 47.4 Å². The predicted molar refractivity (Wildman–Crippen MR) is 58.2 cm³/mol. The van der Waals surface area contributed by atoms with Gasteiger partial charge >= 0.3 is 18.3 Å². The Hall–Kier alpha value is -1.13. The molecule has 0 fully saturated rings. The number of carboxylic acids is 1. The predicted octanol–water partition coefficient (Wildman–Crippen LogP) is 2.05. The average Bonchev–Trinajstić information content (AvgIpc) is 2.19. The van der Waals surface area contributed by atoms with Gasteiger partial charge in [-0.15, -0.1) is 0 Å². The third-order valence-electron chi connectivity index (χ3n) is 2.14. The van der Waals surface area contributed by atoms with E-state index in [1.165, 1.54) is 5.32 Å². The van der Waals surface area contributed by atoms with Crippen LogP contribution in [0.25, 0.3) is 0 Å². The van der Waals surface area contributed by atoms with Crippen molar-refractivity contribution in [1.82, 2.24) is 5.32 Å². The van der Waals surface area contributed by atoms with Gasteiger partial charge in [0.15, 0.2) is 0 Å². The molecular weight excluding hydrogens is 316 g/mol. The summed E-state index contributed by atoms with van der Waals surface area (Å²) in [6, 6.07) is -1.80. The highest BCUT2D eigenvalue weighted by Gasteiger charge is 2.61. The molecular formula is C9H11F6NO3S. The molecule has 0 aromatic carbocycles. The minimum atomic E-state index is -5.84. The molecule has 0 aromatic rings. The quantitative estimate of drug-likeness (QED) is 0.733. The fraction of sp³-hybridized carbons (Fsp3) is 0.778. The first kappa shape index (κ1) is 18.9. The molecule has 0 heterocycles. The second-order valence-electron chi connectivity index (χ2n) is 3.70. The van der Waals surface area contributed by atoms with Gasteiger partial charge in [-0.2, -0.15) is 38.1 Å². The van der Waals surface area contributed by atoms with E-state index in [4.69, 9.17) is 5.11 Å². The van der Waals surface area contributed by atoms with Gasteiger partial charge in [0, 0.05) is 0 Å². The average molecular weight is 327 g/mol. The Labute approximate surface area is 113 Å². The van der Waals surface area contributed by atoms with Crippen LogP contribution in [0.15, 0.2) is 0 Å². The Morgan fingerprint density at radius 3 is 1.90 bits per heavy atom. The SMILES string of the molecule is CSCC[C@@H](NC(=O)C(C(F)(F)F)C(F)(F)F)C(=O)O. The molecule has 0 aliphatic carbocycles. The molecule has 0 aliphatic rings. The first-order chi connectivity index (χ1) is 8.91. The molecule has 4 nitrogen and oxygen atoms in total. The van der Waals surface area contributed by atoms with Crippen LogP contribution < -0.4 is 5.32 Å². The number of rotatable bonds is 6. The second-order valence-corrected chi connectivity index (χ2v) is 4.68. The Balaban J connectivity index is 5.04. The number of carbonyl (C=O) groups is 2. The lowest BCUT2D eigenvalue weighted by molar-refractivity contribution is -0.274. The highest BCUT2D eigenvalue weighted by molar-refractivity contribution is 7.98. The number of carboxylic acid groups (broad SMARTS) is 1. The molecule has 0 aromatic heterocycles. The van der Waals surface area contributed by atoms with E-state index < -0.39 is 36.2 Å². The standard InChI is InChI=1S/C9H11F6NO3S/c1-20-3-2-4(7(18)19)16-6(17)5(8(10,11)12)9(13,14)15/h4-5H,2-3H2,1H3,(H,16,17)(H,18,19)/t4-/m1/s1. The zero-order chi connectivity index (χ0) is 16.1. The molecule has 0 aliphatic heterocycles. The summed E-state index contributed by atoms with van der Waals surface area (Å²) in [6.07, 6.45) is -10.4. The van der Waals surface area contributed by atoms with Crippen LogP contribution in [-0.2, 0) is 9.59 Å². The summed E-state index contributed by atoms with van der Waals surface area (Å²) in [4.78, 5) is 21.8. The number of alkyl halides is 6. The first-order valence-electron chi connectivity index (χ1n) is 5.06. The normalized spacial score (nSPS) is 14.2. The van der Waals surface area contributed by atoms with Crippen LogP contribution >= 0.6 is 11.8 Å². The maximum absolute atomic E-state index is 12.2. The van der Waals surface area contributed by atoms with E-state index in [1.807, 2.05) is 0 Å². The zero-order valence-electron chi connectivity index (χ0n) is 10.0. The molecule has 0 unspecified atom stereocenters. The van der Waals surface area contributed by atoms with E-state index in [0.717, 1.165) is 11.8 Å². The van der Waals surface area contributed by atoms with Crippen molar-refractivity contribution < 1.29 is 41.0 Å². The number of aliphatic carboxylic acids is 1. The second kappa shape index (κ2) is 7.04. The molecule has 0 saturated carbocycles. The molecule has 0 rings (SSSR count). The van der Waals surface area contributed by atoms with Gasteiger partial charge in [-0.1, -0.05) is 0 Å².